The van der Waals surface area contributed by atoms with E-state index in [0.717, 1.165) is 49.9 Å². The van der Waals surface area contributed by atoms with Gasteiger partial charge in [0.1, 0.15) is 12.4 Å². The lowest BCUT2D eigenvalue weighted by molar-refractivity contribution is -0.101. The van der Waals surface area contributed by atoms with Crippen LogP contribution >= 0.6 is 11.6 Å². The molecule has 11 heteroatoms. The summed E-state index contributed by atoms with van der Waals surface area (Å²) < 4.78 is 37.4. The van der Waals surface area contributed by atoms with Crippen molar-refractivity contribution in [2.45, 2.75) is 89.2 Å². The van der Waals surface area contributed by atoms with E-state index in [9.17, 15) is 18.3 Å². The third-order valence-corrected chi connectivity index (χ3v) is 12.7. The predicted octanol–water partition coefficient (Wildman–Crippen LogP) is 5.98. The molecule has 3 heterocycles. The minimum Gasteiger partial charge on any atom is -0.487 e. The summed E-state index contributed by atoms with van der Waals surface area (Å²) in [6.45, 7) is 5.71. The van der Waals surface area contributed by atoms with Gasteiger partial charge in [-0.25, -0.2) is 13.1 Å². The van der Waals surface area contributed by atoms with Crippen molar-refractivity contribution in [3.8, 4) is 5.75 Å². The highest BCUT2D eigenvalue weighted by Crippen LogP contribution is 2.46. The molecule has 3 aromatic rings. The zero-order chi connectivity index (χ0) is 32.5. The van der Waals surface area contributed by atoms with Gasteiger partial charge in [-0.1, -0.05) is 31.0 Å². The van der Waals surface area contributed by atoms with Crippen LogP contribution in [0.5, 0.6) is 5.75 Å². The number of benzene rings is 2. The summed E-state index contributed by atoms with van der Waals surface area (Å²) >= 11 is 6.35. The van der Waals surface area contributed by atoms with E-state index >= 15 is 0 Å². The number of aryl methyl sites for hydroxylation is 1. The Morgan fingerprint density at radius 1 is 1.09 bits per heavy atom. The fourth-order valence-corrected chi connectivity index (χ4v) is 8.97. The van der Waals surface area contributed by atoms with Crippen LogP contribution in [0.1, 0.15) is 80.3 Å². The molecule has 0 radical (unpaired) electrons. The van der Waals surface area contributed by atoms with Crippen LogP contribution in [0.15, 0.2) is 54.9 Å². The fourth-order valence-electron chi connectivity index (χ4n) is 7.47. The largest absolute Gasteiger partial charge is 0.487 e. The number of carbonyl (C=O) groups is 1. The van der Waals surface area contributed by atoms with E-state index in [-0.39, 0.29) is 23.3 Å². The molecule has 2 bridgehead atoms. The highest BCUT2D eigenvalue weighted by Gasteiger charge is 2.47. The molecule has 2 aliphatic heterocycles. The van der Waals surface area contributed by atoms with Gasteiger partial charge >= 0.3 is 0 Å². The summed E-state index contributed by atoms with van der Waals surface area (Å²) in [6, 6.07) is 12.9. The van der Waals surface area contributed by atoms with Crippen LogP contribution in [0.25, 0.3) is 0 Å². The number of hydrogen-bond acceptors (Lipinski definition) is 7. The number of amides is 1. The number of ether oxygens (including phenoxy) is 1. The van der Waals surface area contributed by atoms with Crippen LogP contribution in [0.4, 0.5) is 5.69 Å². The number of nitrogens with one attached hydrogen (secondary N) is 1. The highest BCUT2D eigenvalue weighted by molar-refractivity contribution is 7.90. The van der Waals surface area contributed by atoms with Crippen LogP contribution in [-0.4, -0.2) is 53.2 Å². The molecule has 0 spiro atoms. The van der Waals surface area contributed by atoms with Crippen molar-refractivity contribution in [1.82, 2.24) is 14.5 Å². The summed E-state index contributed by atoms with van der Waals surface area (Å²) in [5.41, 5.74) is 2.28. The van der Waals surface area contributed by atoms with E-state index in [1.54, 1.807) is 31.3 Å². The molecule has 1 saturated carbocycles. The van der Waals surface area contributed by atoms with Crippen LogP contribution < -0.4 is 14.4 Å². The number of carbonyl (C=O) groups excluding carboxylic acids is 1. The molecule has 1 aromatic heterocycles. The number of nitrogens with zero attached hydrogens (tertiary/aromatic N) is 3. The highest BCUT2D eigenvalue weighted by atomic mass is 35.5. The first-order chi connectivity index (χ1) is 22.0. The number of anilines is 1. The Balaban J connectivity index is 1.39. The molecule has 1 amide bonds. The van der Waals surface area contributed by atoms with E-state index in [1.165, 1.54) is 5.56 Å². The number of aromatic nitrogens is 2. The number of aliphatic hydroxyl groups is 1. The first kappa shape index (κ1) is 32.8. The maximum Gasteiger partial charge on any atom is 0.264 e. The molecule has 5 atom stereocenters. The van der Waals surface area contributed by atoms with Gasteiger partial charge in [0.2, 0.25) is 10.0 Å². The van der Waals surface area contributed by atoms with Crippen molar-refractivity contribution in [3.05, 3.63) is 76.6 Å². The molecule has 1 aliphatic carbocycles. The van der Waals surface area contributed by atoms with Crippen molar-refractivity contribution in [3.63, 3.8) is 0 Å². The predicted molar refractivity (Wildman–Crippen MR) is 180 cm³/mol. The van der Waals surface area contributed by atoms with E-state index in [0.29, 0.717) is 49.7 Å². The normalized spacial score (nSPS) is 28.8. The van der Waals surface area contributed by atoms with Crippen molar-refractivity contribution >= 4 is 33.2 Å². The zero-order valence-corrected chi connectivity index (χ0v) is 28.3. The molecule has 248 valence electrons. The molecule has 46 heavy (non-hydrogen) atoms. The standard InChI is InChI=1S/C35H45ClN4O5S/c1-24-7-5-15-35(42,23-40-18-6-16-37-40)31-13-10-28(31)21-39-17-4-3-8-26-19-30(36)12-9-29(26)22-45-33-14-11-27(20-32(33)39)34(41)38-46(43,44)25(24)2/h6,9,11-12,14,16,18-20,24-25,28,31,42H,3-5,7-8,10,13,15,17,21-23H2,1-2H3,(H,38,41)/t24-,25+,28-,31+,35-/m0/s1. The molecule has 2 aromatic carbocycles. The summed E-state index contributed by atoms with van der Waals surface area (Å²) in [5, 5.41) is 16.7. The number of hydrogen-bond donors (Lipinski definition) is 2. The van der Waals surface area contributed by atoms with Gasteiger partial charge in [0.15, 0.2) is 0 Å². The topological polar surface area (TPSA) is 114 Å². The van der Waals surface area contributed by atoms with Crippen LogP contribution in [0.2, 0.25) is 5.02 Å². The third kappa shape index (κ3) is 7.09. The van der Waals surface area contributed by atoms with Gasteiger partial charge in [-0.3, -0.25) is 9.48 Å². The lowest BCUT2D eigenvalue weighted by Crippen LogP contribution is -2.53. The number of fused-ring (bicyclic) bond motifs is 3. The zero-order valence-electron chi connectivity index (χ0n) is 26.7. The van der Waals surface area contributed by atoms with E-state index < -0.39 is 26.8 Å². The van der Waals surface area contributed by atoms with Crippen molar-refractivity contribution < 1.29 is 23.1 Å². The summed E-state index contributed by atoms with van der Waals surface area (Å²) in [4.78, 5) is 15.7. The first-order valence-electron chi connectivity index (χ1n) is 16.6. The maximum atomic E-state index is 13.5. The Bertz CT molecular complexity index is 1650. The van der Waals surface area contributed by atoms with Gasteiger partial charge in [0, 0.05) is 36.1 Å². The molecule has 0 unspecified atom stereocenters. The third-order valence-electron chi connectivity index (χ3n) is 10.6. The average Bonchev–Trinajstić information content (AvgIpc) is 3.50. The number of rotatable bonds is 2. The molecule has 1 fully saturated rings. The lowest BCUT2D eigenvalue weighted by Gasteiger charge is -2.49. The van der Waals surface area contributed by atoms with Gasteiger partial charge in [0.25, 0.3) is 5.91 Å². The second kappa shape index (κ2) is 13.6. The minimum atomic E-state index is -3.95. The molecular formula is C35H45ClN4O5S. The molecule has 6 rings (SSSR count). The molecule has 2 N–H and O–H groups in total. The smallest absolute Gasteiger partial charge is 0.264 e. The Morgan fingerprint density at radius 2 is 1.93 bits per heavy atom. The molecular weight excluding hydrogens is 624 g/mol. The van der Waals surface area contributed by atoms with Gasteiger partial charge in [-0.2, -0.15) is 5.10 Å². The SMILES string of the molecule is C[C@@H]1[C@@H](C)CCC[C@](O)(Cn2cccn2)[C@@H]2CC[C@H]2CN2CCCCc3cc(Cl)ccc3COc3ccc(cc32)C(=O)NS1(=O)=O. The van der Waals surface area contributed by atoms with E-state index in [2.05, 4.69) is 14.7 Å². The second-order valence-electron chi connectivity index (χ2n) is 13.6. The summed E-state index contributed by atoms with van der Waals surface area (Å²) in [7, 11) is -3.95. The van der Waals surface area contributed by atoms with Crippen molar-refractivity contribution in [2.75, 3.05) is 18.0 Å². The van der Waals surface area contributed by atoms with Crippen molar-refractivity contribution in [1.29, 1.82) is 0 Å². The van der Waals surface area contributed by atoms with Crippen molar-refractivity contribution in [2.24, 2.45) is 17.8 Å². The lowest BCUT2D eigenvalue weighted by atomic mass is 9.63. The number of sulfonamides is 1. The van der Waals surface area contributed by atoms with E-state index in [1.807, 2.05) is 42.1 Å². The number of halogens is 1. The molecule has 0 saturated heterocycles. The Kier molecular flexibility index (Phi) is 9.69. The monoisotopic (exact) mass is 668 g/mol. The van der Waals surface area contributed by atoms with Gasteiger partial charge in [0.05, 0.1) is 23.1 Å². The van der Waals surface area contributed by atoms with Gasteiger partial charge < -0.3 is 14.7 Å². The Labute approximate surface area is 277 Å². The van der Waals surface area contributed by atoms with Crippen LogP contribution in [0, 0.1) is 17.8 Å². The summed E-state index contributed by atoms with van der Waals surface area (Å²) in [5.74, 6) is 0.0721. The summed E-state index contributed by atoms with van der Waals surface area (Å²) in [6.07, 6.45) is 10.1. The molecule has 3 aliphatic rings. The van der Waals surface area contributed by atoms with Gasteiger partial charge in [-0.05, 0) is 117 Å². The first-order valence-corrected chi connectivity index (χ1v) is 18.5. The Hall–Kier alpha value is -3.08. The Morgan fingerprint density at radius 3 is 2.70 bits per heavy atom. The van der Waals surface area contributed by atoms with Crippen LogP contribution in [-0.2, 0) is 29.6 Å². The maximum absolute atomic E-state index is 13.5. The van der Waals surface area contributed by atoms with E-state index in [4.69, 9.17) is 16.3 Å². The van der Waals surface area contributed by atoms with Gasteiger partial charge in [-0.15, -0.1) is 0 Å². The van der Waals surface area contributed by atoms with Crippen LogP contribution in [0.3, 0.4) is 0 Å². The average molecular weight is 669 g/mol. The fraction of sp³-hybridized carbons (Fsp3) is 0.543. The quantitative estimate of drug-likeness (QED) is 0.345. The second-order valence-corrected chi connectivity index (χ2v) is 16.1. The minimum absolute atomic E-state index is 0.0569. The molecule has 9 nitrogen and oxygen atoms in total.